The van der Waals surface area contributed by atoms with Crippen LogP contribution in [0.25, 0.3) is 0 Å². The first-order valence-electron chi connectivity index (χ1n) is 7.33. The molecule has 1 N–H and O–H groups in total. The highest BCUT2D eigenvalue weighted by atomic mass is 16.4. The molecule has 2 unspecified atom stereocenters. The van der Waals surface area contributed by atoms with Crippen molar-refractivity contribution < 1.29 is 14.7 Å². The molecule has 2 atom stereocenters. The molecule has 1 aliphatic heterocycles. The van der Waals surface area contributed by atoms with Crippen molar-refractivity contribution in [2.75, 3.05) is 19.6 Å². The third-order valence-corrected chi connectivity index (χ3v) is 4.67. The zero-order valence-corrected chi connectivity index (χ0v) is 11.8. The van der Waals surface area contributed by atoms with E-state index in [0.29, 0.717) is 25.4 Å². The van der Waals surface area contributed by atoms with Crippen LogP contribution in [0, 0.1) is 11.8 Å². The van der Waals surface area contributed by atoms with Gasteiger partial charge in [0.2, 0.25) is 0 Å². The minimum Gasteiger partial charge on any atom is -0.481 e. The number of urea groups is 1. The second-order valence-electron chi connectivity index (χ2n) is 5.79. The number of rotatable bonds is 4. The molecule has 1 saturated heterocycles. The highest BCUT2D eigenvalue weighted by Crippen LogP contribution is 2.29. The number of amides is 2. The number of hydrogen-bond acceptors (Lipinski definition) is 2. The summed E-state index contributed by atoms with van der Waals surface area (Å²) in [5.74, 6) is -0.548. The lowest BCUT2D eigenvalue weighted by Gasteiger charge is -2.35. The molecule has 19 heavy (non-hydrogen) atoms. The zero-order valence-electron chi connectivity index (χ0n) is 11.8. The lowest BCUT2D eigenvalue weighted by atomic mass is 9.85. The number of nitrogens with zero attached hydrogens (tertiary/aromatic N) is 2. The molecule has 2 amide bonds. The Kier molecular flexibility index (Phi) is 4.32. The van der Waals surface area contributed by atoms with E-state index in [9.17, 15) is 9.59 Å². The molecule has 2 rings (SSSR count). The Morgan fingerprint density at radius 2 is 2.00 bits per heavy atom. The van der Waals surface area contributed by atoms with Gasteiger partial charge < -0.3 is 14.9 Å². The van der Waals surface area contributed by atoms with Crippen molar-refractivity contribution in [1.82, 2.24) is 9.80 Å². The summed E-state index contributed by atoms with van der Waals surface area (Å²) >= 11 is 0. The summed E-state index contributed by atoms with van der Waals surface area (Å²) in [5.41, 5.74) is 0. The number of carbonyl (C=O) groups excluding carboxylic acids is 1. The Balaban J connectivity index is 1.95. The van der Waals surface area contributed by atoms with Crippen LogP contribution in [0.1, 0.15) is 39.5 Å². The van der Waals surface area contributed by atoms with Crippen LogP contribution >= 0.6 is 0 Å². The molecule has 2 aliphatic rings. The smallest absolute Gasteiger partial charge is 0.320 e. The second kappa shape index (κ2) is 5.80. The van der Waals surface area contributed by atoms with Crippen molar-refractivity contribution in [3.05, 3.63) is 0 Å². The third kappa shape index (κ3) is 2.85. The van der Waals surface area contributed by atoms with Crippen molar-refractivity contribution in [3.63, 3.8) is 0 Å². The summed E-state index contributed by atoms with van der Waals surface area (Å²) in [4.78, 5) is 27.2. The fourth-order valence-corrected chi connectivity index (χ4v) is 3.05. The van der Waals surface area contributed by atoms with E-state index in [1.165, 1.54) is 19.3 Å². The molecular weight excluding hydrogens is 244 g/mol. The maximum absolute atomic E-state index is 12.5. The Bertz CT molecular complexity index is 355. The van der Waals surface area contributed by atoms with Gasteiger partial charge in [0.15, 0.2) is 0 Å². The van der Waals surface area contributed by atoms with Crippen LogP contribution in [0.2, 0.25) is 0 Å². The monoisotopic (exact) mass is 268 g/mol. The van der Waals surface area contributed by atoms with Crippen molar-refractivity contribution >= 4 is 12.0 Å². The summed E-state index contributed by atoms with van der Waals surface area (Å²) in [6.07, 6.45) is 4.29. The molecule has 0 aromatic rings. The lowest BCUT2D eigenvalue weighted by Crippen LogP contribution is -2.48. The largest absolute Gasteiger partial charge is 0.481 e. The fraction of sp³-hybridized carbons (Fsp3) is 0.857. The molecule has 1 aliphatic carbocycles. The van der Waals surface area contributed by atoms with Crippen LogP contribution in [-0.2, 0) is 4.79 Å². The van der Waals surface area contributed by atoms with Crippen molar-refractivity contribution in [1.29, 1.82) is 0 Å². The second-order valence-corrected chi connectivity index (χ2v) is 5.79. The molecule has 0 radical (unpaired) electrons. The highest BCUT2D eigenvalue weighted by molar-refractivity contribution is 5.78. The minimum atomic E-state index is -0.787. The van der Waals surface area contributed by atoms with E-state index in [4.69, 9.17) is 5.11 Å². The maximum atomic E-state index is 12.5. The maximum Gasteiger partial charge on any atom is 0.320 e. The van der Waals surface area contributed by atoms with Gasteiger partial charge in [0.05, 0.1) is 5.92 Å². The van der Waals surface area contributed by atoms with Crippen LogP contribution in [0.5, 0.6) is 0 Å². The molecule has 5 nitrogen and oxygen atoms in total. The number of carboxylic acids is 1. The van der Waals surface area contributed by atoms with E-state index in [1.807, 2.05) is 18.7 Å². The van der Waals surface area contributed by atoms with E-state index in [2.05, 4.69) is 0 Å². The van der Waals surface area contributed by atoms with E-state index < -0.39 is 11.9 Å². The van der Waals surface area contributed by atoms with E-state index >= 15 is 0 Å². The molecule has 0 aromatic carbocycles. The van der Waals surface area contributed by atoms with Gasteiger partial charge in [-0.05, 0) is 39.0 Å². The van der Waals surface area contributed by atoms with Crippen LogP contribution in [0.3, 0.4) is 0 Å². The number of hydrogen-bond donors (Lipinski definition) is 1. The summed E-state index contributed by atoms with van der Waals surface area (Å²) in [6.45, 7) is 5.94. The quantitative estimate of drug-likeness (QED) is 0.848. The van der Waals surface area contributed by atoms with Gasteiger partial charge in [-0.1, -0.05) is 6.42 Å². The van der Waals surface area contributed by atoms with Crippen LogP contribution in [-0.4, -0.2) is 52.6 Å². The number of aliphatic carboxylic acids is 1. The van der Waals surface area contributed by atoms with Crippen molar-refractivity contribution in [2.45, 2.75) is 45.6 Å². The third-order valence-electron chi connectivity index (χ3n) is 4.67. The van der Waals surface area contributed by atoms with E-state index in [-0.39, 0.29) is 12.1 Å². The number of carboxylic acid groups (broad SMARTS) is 1. The first-order chi connectivity index (χ1) is 9.04. The molecule has 0 bridgehead atoms. The topological polar surface area (TPSA) is 60.9 Å². The van der Waals surface area contributed by atoms with E-state index in [1.54, 1.807) is 4.90 Å². The fourth-order valence-electron chi connectivity index (χ4n) is 3.05. The minimum absolute atomic E-state index is 0.0191. The molecule has 5 heteroatoms. The first-order valence-corrected chi connectivity index (χ1v) is 7.33. The molecule has 0 spiro atoms. The standard InChI is InChI=1S/C14H24N2O3/c1-3-15(9-11-5-4-6-11)14(19)16-8-7-12(10(16)2)13(17)18/h10-12H,3-9H2,1-2H3,(H,17,18). The van der Waals surface area contributed by atoms with Gasteiger partial charge in [0.25, 0.3) is 0 Å². The Hall–Kier alpha value is -1.26. The molecular formula is C14H24N2O3. The lowest BCUT2D eigenvalue weighted by molar-refractivity contribution is -0.142. The van der Waals surface area contributed by atoms with E-state index in [0.717, 1.165) is 6.54 Å². The van der Waals surface area contributed by atoms with Gasteiger partial charge >= 0.3 is 12.0 Å². The Labute approximate surface area is 114 Å². The van der Waals surface area contributed by atoms with Crippen LogP contribution in [0.4, 0.5) is 4.79 Å². The summed E-state index contributed by atoms with van der Waals surface area (Å²) < 4.78 is 0. The first kappa shape index (κ1) is 14.2. The molecule has 1 heterocycles. The molecule has 108 valence electrons. The van der Waals surface area contributed by atoms with Gasteiger partial charge in [-0.15, -0.1) is 0 Å². The highest BCUT2D eigenvalue weighted by Gasteiger charge is 2.39. The van der Waals surface area contributed by atoms with Crippen LogP contribution in [0.15, 0.2) is 0 Å². The summed E-state index contributed by atoms with van der Waals surface area (Å²) in [6, 6.07) is -0.175. The molecule has 0 aromatic heterocycles. The SMILES string of the molecule is CCN(CC1CCC1)C(=O)N1CCC(C(=O)O)C1C. The molecule has 2 fully saturated rings. The Morgan fingerprint density at radius 1 is 1.32 bits per heavy atom. The summed E-state index contributed by atoms with van der Waals surface area (Å²) in [5, 5.41) is 9.12. The van der Waals surface area contributed by atoms with Gasteiger partial charge in [-0.3, -0.25) is 4.79 Å². The number of carbonyl (C=O) groups is 2. The average Bonchev–Trinajstić information content (AvgIpc) is 2.69. The predicted molar refractivity (Wildman–Crippen MR) is 71.9 cm³/mol. The van der Waals surface area contributed by atoms with Gasteiger partial charge in [0, 0.05) is 25.7 Å². The number of likely N-dealkylation sites (tertiary alicyclic amines) is 1. The average molecular weight is 268 g/mol. The van der Waals surface area contributed by atoms with Crippen molar-refractivity contribution in [3.8, 4) is 0 Å². The zero-order chi connectivity index (χ0) is 14.0. The predicted octanol–water partition coefficient (Wildman–Crippen LogP) is 2.02. The normalized spacial score (nSPS) is 27.2. The summed E-state index contributed by atoms with van der Waals surface area (Å²) in [7, 11) is 0. The molecule has 1 saturated carbocycles. The van der Waals surface area contributed by atoms with Crippen molar-refractivity contribution in [2.24, 2.45) is 11.8 Å². The van der Waals surface area contributed by atoms with Gasteiger partial charge in [-0.2, -0.15) is 0 Å². The Morgan fingerprint density at radius 3 is 2.42 bits per heavy atom. The van der Waals surface area contributed by atoms with Gasteiger partial charge in [-0.25, -0.2) is 4.79 Å². The van der Waals surface area contributed by atoms with Gasteiger partial charge in [0.1, 0.15) is 0 Å². The van der Waals surface area contributed by atoms with Crippen LogP contribution < -0.4 is 0 Å².